The predicted molar refractivity (Wildman–Crippen MR) is 30.8 cm³/mol. The largest absolute Gasteiger partial charge is 0.367 e. The zero-order valence-electron chi connectivity index (χ0n) is 4.77. The minimum absolute atomic E-state index is 0.215. The summed E-state index contributed by atoms with van der Waals surface area (Å²) in [4.78, 5) is 12.7. The van der Waals surface area contributed by atoms with E-state index < -0.39 is 0 Å². The van der Waals surface area contributed by atoms with E-state index >= 15 is 0 Å². The fourth-order valence-corrected chi connectivity index (χ4v) is 0.165. The van der Waals surface area contributed by atoms with Gasteiger partial charge in [-0.3, -0.25) is 0 Å². The van der Waals surface area contributed by atoms with E-state index in [0.717, 1.165) is 5.01 Å². The number of nitrogens with zero attached hydrogens (tertiary/aromatic N) is 4. The molecule has 6 heteroatoms. The van der Waals surface area contributed by atoms with E-state index in [9.17, 15) is 4.91 Å². The van der Waals surface area contributed by atoms with Crippen LogP contribution >= 0.6 is 0 Å². The lowest BCUT2D eigenvalue weighted by Crippen LogP contribution is -2.28. The van der Waals surface area contributed by atoms with Gasteiger partial charge in [-0.2, -0.15) is 10.3 Å². The fourth-order valence-electron chi connectivity index (χ4n) is 0.165. The SMILES string of the molecule is CN(N=O)C(N)=NC#N. The first-order valence-electron chi connectivity index (χ1n) is 2.01. The molecule has 0 saturated heterocycles. The van der Waals surface area contributed by atoms with Crippen molar-refractivity contribution in [3.8, 4) is 6.19 Å². The molecule has 0 radical (unpaired) electrons. The molecule has 0 fully saturated rings. The van der Waals surface area contributed by atoms with Gasteiger partial charge in [0.05, 0.1) is 5.29 Å². The van der Waals surface area contributed by atoms with Crippen molar-refractivity contribution in [3.63, 3.8) is 0 Å². The summed E-state index contributed by atoms with van der Waals surface area (Å²) < 4.78 is 0. The van der Waals surface area contributed by atoms with Crippen molar-refractivity contribution in [1.29, 1.82) is 5.26 Å². The smallest absolute Gasteiger partial charge is 0.230 e. The third-order valence-corrected chi connectivity index (χ3v) is 0.619. The molecule has 0 aromatic rings. The summed E-state index contributed by atoms with van der Waals surface area (Å²) in [7, 11) is 1.29. The zero-order valence-corrected chi connectivity index (χ0v) is 4.77. The predicted octanol–water partition coefficient (Wildman–Crippen LogP) is -0.605. The Labute approximate surface area is 51.5 Å². The van der Waals surface area contributed by atoms with Crippen LogP contribution in [0.4, 0.5) is 0 Å². The molecule has 0 atom stereocenters. The van der Waals surface area contributed by atoms with Gasteiger partial charge in [0.1, 0.15) is 0 Å². The highest BCUT2D eigenvalue weighted by molar-refractivity contribution is 5.78. The number of rotatable bonds is 1. The molecule has 0 rings (SSSR count). The molecule has 0 amide bonds. The van der Waals surface area contributed by atoms with Gasteiger partial charge in [-0.05, 0) is 0 Å². The van der Waals surface area contributed by atoms with Crippen molar-refractivity contribution < 1.29 is 0 Å². The first kappa shape index (κ1) is 7.36. The molecule has 9 heavy (non-hydrogen) atoms. The molecule has 0 aromatic carbocycles. The number of nitroso groups, excluding NO2 is 1. The molecular formula is C3H5N5O. The van der Waals surface area contributed by atoms with E-state index in [1.807, 2.05) is 0 Å². The lowest BCUT2D eigenvalue weighted by molar-refractivity contribution is 0.530. The van der Waals surface area contributed by atoms with Gasteiger partial charge in [-0.25, -0.2) is 0 Å². The van der Waals surface area contributed by atoms with Gasteiger partial charge in [-0.15, -0.1) is 9.90 Å². The van der Waals surface area contributed by atoms with Crippen LogP contribution in [-0.2, 0) is 0 Å². The Morgan fingerprint density at radius 2 is 2.44 bits per heavy atom. The topological polar surface area (TPSA) is 94.8 Å². The van der Waals surface area contributed by atoms with E-state index in [1.165, 1.54) is 13.2 Å². The van der Waals surface area contributed by atoms with Crippen LogP contribution in [0.3, 0.4) is 0 Å². The monoisotopic (exact) mass is 127 g/mol. The van der Waals surface area contributed by atoms with Gasteiger partial charge in [0.15, 0.2) is 0 Å². The zero-order chi connectivity index (χ0) is 7.28. The third kappa shape index (κ3) is 2.23. The molecule has 0 aromatic heterocycles. The molecule has 0 spiro atoms. The molecule has 0 unspecified atom stereocenters. The van der Waals surface area contributed by atoms with Gasteiger partial charge in [0, 0.05) is 7.05 Å². The van der Waals surface area contributed by atoms with Crippen molar-refractivity contribution >= 4 is 5.96 Å². The van der Waals surface area contributed by atoms with Crippen LogP contribution in [-0.4, -0.2) is 18.0 Å². The molecule has 0 aliphatic carbocycles. The highest BCUT2D eigenvalue weighted by Crippen LogP contribution is 1.79. The molecule has 0 heterocycles. The summed E-state index contributed by atoms with van der Waals surface area (Å²) in [5.74, 6) is -0.215. The van der Waals surface area contributed by atoms with Crippen LogP contribution in [0, 0.1) is 16.4 Å². The molecule has 48 valence electrons. The first-order valence-corrected chi connectivity index (χ1v) is 2.01. The van der Waals surface area contributed by atoms with Gasteiger partial charge in [0.2, 0.25) is 12.2 Å². The average Bonchev–Trinajstić information content (AvgIpc) is 1.87. The van der Waals surface area contributed by atoms with Crippen molar-refractivity contribution in [2.75, 3.05) is 7.05 Å². The summed E-state index contributed by atoms with van der Waals surface area (Å²) in [6, 6.07) is 0. The summed E-state index contributed by atoms with van der Waals surface area (Å²) in [6.45, 7) is 0. The van der Waals surface area contributed by atoms with Crippen LogP contribution in [0.1, 0.15) is 0 Å². The van der Waals surface area contributed by atoms with Gasteiger partial charge >= 0.3 is 0 Å². The number of nitrogens with two attached hydrogens (primary N) is 1. The number of hydrogen-bond acceptors (Lipinski definition) is 4. The fraction of sp³-hybridized carbons (Fsp3) is 0.333. The Kier molecular flexibility index (Phi) is 2.76. The third-order valence-electron chi connectivity index (χ3n) is 0.619. The summed E-state index contributed by atoms with van der Waals surface area (Å²) in [5, 5.41) is 11.0. The van der Waals surface area contributed by atoms with Crippen molar-refractivity contribution in [1.82, 2.24) is 5.01 Å². The normalized spacial score (nSPS) is 10.0. The molecule has 0 saturated carbocycles. The Hall–Kier alpha value is -1.64. The number of guanidine groups is 1. The maximum Gasteiger partial charge on any atom is 0.230 e. The highest BCUT2D eigenvalue weighted by Gasteiger charge is 1.96. The standard InChI is InChI=1S/C3H5N5O/c1-8(7-9)3(5)6-2-4/h1H3,(H2,5,6). The quantitative estimate of drug-likeness (QED) is 0.167. The van der Waals surface area contributed by atoms with Gasteiger partial charge in [-0.1, -0.05) is 0 Å². The lowest BCUT2D eigenvalue weighted by Gasteiger charge is -2.02. The van der Waals surface area contributed by atoms with Crippen molar-refractivity contribution in [3.05, 3.63) is 4.91 Å². The summed E-state index contributed by atoms with van der Waals surface area (Å²) >= 11 is 0. The van der Waals surface area contributed by atoms with Crippen LogP contribution in [0.15, 0.2) is 10.3 Å². The summed E-state index contributed by atoms with van der Waals surface area (Å²) in [6.07, 6.45) is 1.41. The van der Waals surface area contributed by atoms with Crippen molar-refractivity contribution in [2.24, 2.45) is 16.0 Å². The Morgan fingerprint density at radius 1 is 1.89 bits per heavy atom. The Bertz CT molecular complexity index is 168. The van der Waals surface area contributed by atoms with Crippen LogP contribution in [0.25, 0.3) is 0 Å². The van der Waals surface area contributed by atoms with E-state index in [4.69, 9.17) is 11.0 Å². The lowest BCUT2D eigenvalue weighted by atomic mass is 10.9. The number of nitriles is 1. The van der Waals surface area contributed by atoms with E-state index in [2.05, 4.69) is 10.3 Å². The van der Waals surface area contributed by atoms with Crippen LogP contribution in [0.5, 0.6) is 0 Å². The maximum absolute atomic E-state index is 9.63. The minimum atomic E-state index is -0.215. The Balaban J connectivity index is 4.05. The molecule has 0 aliphatic rings. The van der Waals surface area contributed by atoms with E-state index in [0.29, 0.717) is 0 Å². The second kappa shape index (κ2) is 3.37. The minimum Gasteiger partial charge on any atom is -0.367 e. The molecular weight excluding hydrogens is 122 g/mol. The number of aliphatic imine (C=N–C) groups is 1. The first-order chi connectivity index (χ1) is 4.22. The molecule has 2 N–H and O–H groups in total. The van der Waals surface area contributed by atoms with Crippen LogP contribution in [0.2, 0.25) is 0 Å². The second-order valence-electron chi connectivity index (χ2n) is 1.18. The Morgan fingerprint density at radius 3 is 2.78 bits per heavy atom. The molecule has 0 bridgehead atoms. The highest BCUT2D eigenvalue weighted by atomic mass is 16.3. The van der Waals surface area contributed by atoms with Crippen LogP contribution < -0.4 is 5.73 Å². The maximum atomic E-state index is 9.63. The van der Waals surface area contributed by atoms with Gasteiger partial charge < -0.3 is 5.73 Å². The number of hydrogen-bond donors (Lipinski definition) is 1. The summed E-state index contributed by atoms with van der Waals surface area (Å²) in [5.41, 5.74) is 5.00. The van der Waals surface area contributed by atoms with Gasteiger partial charge in [0.25, 0.3) is 0 Å². The van der Waals surface area contributed by atoms with E-state index in [1.54, 1.807) is 0 Å². The van der Waals surface area contributed by atoms with E-state index in [-0.39, 0.29) is 5.96 Å². The molecule has 0 aliphatic heterocycles. The second-order valence-corrected chi connectivity index (χ2v) is 1.18. The van der Waals surface area contributed by atoms with Crippen molar-refractivity contribution in [2.45, 2.75) is 0 Å². The average molecular weight is 127 g/mol. The molecule has 6 nitrogen and oxygen atoms in total.